The molecule has 0 saturated heterocycles. The first kappa shape index (κ1) is 14.6. The molecule has 1 aromatic rings. The number of carbonyl (C=O) groups is 2. The zero-order valence-electron chi connectivity index (χ0n) is 12.3. The van der Waals surface area contributed by atoms with Gasteiger partial charge in [-0.25, -0.2) is 0 Å². The summed E-state index contributed by atoms with van der Waals surface area (Å²) in [5.41, 5.74) is 1.53. The minimum absolute atomic E-state index is 0.0171. The van der Waals surface area contributed by atoms with Gasteiger partial charge in [-0.05, 0) is 25.0 Å². The van der Waals surface area contributed by atoms with Crippen LogP contribution in [0.4, 0.5) is 11.4 Å². The van der Waals surface area contributed by atoms with E-state index in [4.69, 9.17) is 0 Å². The minimum atomic E-state index is -0.208. The van der Waals surface area contributed by atoms with Crippen LogP contribution < -0.4 is 10.2 Å². The Hall–Kier alpha value is -1.84. The standard InChI is InChI=1S/C16H22N2O2/c1-4-12(5-2)16(20)18-10-11(3)15(19)17-13-8-6-7-9-14(13)18/h6-9,11-12H,4-5,10H2,1-3H3,(H,17,19)/t11-/m0/s1. The van der Waals surface area contributed by atoms with Crippen molar-refractivity contribution in [1.82, 2.24) is 0 Å². The maximum Gasteiger partial charge on any atom is 0.230 e. The molecule has 0 saturated carbocycles. The number of fused-ring (bicyclic) bond motifs is 1. The van der Waals surface area contributed by atoms with Crippen LogP contribution in [0.15, 0.2) is 24.3 Å². The first-order valence-corrected chi connectivity index (χ1v) is 7.29. The Balaban J connectivity index is 2.41. The average molecular weight is 274 g/mol. The third-order valence-electron chi connectivity index (χ3n) is 3.96. The van der Waals surface area contributed by atoms with Gasteiger partial charge in [0, 0.05) is 12.5 Å². The van der Waals surface area contributed by atoms with Gasteiger partial charge in [-0.15, -0.1) is 0 Å². The summed E-state index contributed by atoms with van der Waals surface area (Å²) in [5, 5.41) is 2.90. The lowest BCUT2D eigenvalue weighted by Crippen LogP contribution is -2.39. The highest BCUT2D eigenvalue weighted by Gasteiger charge is 2.30. The fraction of sp³-hybridized carbons (Fsp3) is 0.500. The van der Waals surface area contributed by atoms with Crippen LogP contribution in [-0.2, 0) is 9.59 Å². The number of nitrogens with one attached hydrogen (secondary N) is 1. The van der Waals surface area contributed by atoms with Crippen LogP contribution in [0.5, 0.6) is 0 Å². The number of hydrogen-bond acceptors (Lipinski definition) is 2. The second kappa shape index (κ2) is 6.07. The van der Waals surface area contributed by atoms with Crippen molar-refractivity contribution in [2.45, 2.75) is 33.6 Å². The molecule has 0 fully saturated rings. The predicted octanol–water partition coefficient (Wildman–Crippen LogP) is 3.04. The molecule has 4 nitrogen and oxygen atoms in total. The molecule has 1 N–H and O–H groups in total. The third-order valence-corrected chi connectivity index (χ3v) is 3.96. The van der Waals surface area contributed by atoms with Crippen molar-refractivity contribution in [3.8, 4) is 0 Å². The lowest BCUT2D eigenvalue weighted by molar-refractivity contribution is -0.123. The van der Waals surface area contributed by atoms with Crippen LogP contribution in [-0.4, -0.2) is 18.4 Å². The molecule has 20 heavy (non-hydrogen) atoms. The van der Waals surface area contributed by atoms with E-state index in [2.05, 4.69) is 5.32 Å². The molecule has 0 aromatic heterocycles. The number of nitrogens with zero attached hydrogens (tertiary/aromatic N) is 1. The Morgan fingerprint density at radius 1 is 1.35 bits per heavy atom. The van der Waals surface area contributed by atoms with Crippen LogP contribution in [0.1, 0.15) is 33.6 Å². The Labute approximate surface area is 120 Å². The number of anilines is 2. The zero-order valence-corrected chi connectivity index (χ0v) is 12.3. The van der Waals surface area contributed by atoms with Gasteiger partial charge in [0.15, 0.2) is 0 Å². The lowest BCUT2D eigenvalue weighted by atomic mass is 10.0. The number of benzene rings is 1. The van der Waals surface area contributed by atoms with Gasteiger partial charge < -0.3 is 10.2 Å². The number of hydrogen-bond donors (Lipinski definition) is 1. The van der Waals surface area contributed by atoms with Crippen LogP contribution in [0.25, 0.3) is 0 Å². The zero-order chi connectivity index (χ0) is 14.7. The second-order valence-corrected chi connectivity index (χ2v) is 5.37. The number of rotatable bonds is 3. The van der Waals surface area contributed by atoms with Gasteiger partial charge in [0.25, 0.3) is 0 Å². The number of carbonyl (C=O) groups excluding carboxylic acids is 2. The van der Waals surface area contributed by atoms with Gasteiger partial charge in [0.2, 0.25) is 11.8 Å². The van der Waals surface area contributed by atoms with E-state index in [1.54, 1.807) is 4.90 Å². The maximum atomic E-state index is 12.7. The van der Waals surface area contributed by atoms with Crippen molar-refractivity contribution < 1.29 is 9.59 Å². The Kier molecular flexibility index (Phi) is 4.42. The fourth-order valence-corrected chi connectivity index (χ4v) is 2.59. The summed E-state index contributed by atoms with van der Waals surface area (Å²) >= 11 is 0. The molecule has 108 valence electrons. The Morgan fingerprint density at radius 2 is 2.00 bits per heavy atom. The average Bonchev–Trinajstić information content (AvgIpc) is 2.58. The summed E-state index contributed by atoms with van der Waals surface area (Å²) in [6, 6.07) is 7.51. The molecule has 0 bridgehead atoms. The second-order valence-electron chi connectivity index (χ2n) is 5.37. The van der Waals surface area contributed by atoms with Gasteiger partial charge in [-0.2, -0.15) is 0 Å². The van der Waals surface area contributed by atoms with E-state index in [0.29, 0.717) is 6.54 Å². The highest BCUT2D eigenvalue weighted by molar-refractivity contribution is 6.05. The normalized spacial score (nSPS) is 18.5. The van der Waals surface area contributed by atoms with E-state index < -0.39 is 0 Å². The molecule has 1 aliphatic rings. The van der Waals surface area contributed by atoms with Gasteiger partial charge in [0.1, 0.15) is 0 Å². The Morgan fingerprint density at radius 3 is 2.65 bits per heavy atom. The van der Waals surface area contributed by atoms with Crippen molar-refractivity contribution in [3.05, 3.63) is 24.3 Å². The molecule has 2 rings (SSSR count). The van der Waals surface area contributed by atoms with E-state index in [1.807, 2.05) is 45.0 Å². The maximum absolute atomic E-state index is 12.7. The Bertz CT molecular complexity index is 509. The van der Waals surface area contributed by atoms with Gasteiger partial charge in [0.05, 0.1) is 17.3 Å². The van der Waals surface area contributed by atoms with Crippen LogP contribution >= 0.6 is 0 Å². The topological polar surface area (TPSA) is 49.4 Å². The molecule has 1 aliphatic heterocycles. The monoisotopic (exact) mass is 274 g/mol. The summed E-state index contributed by atoms with van der Waals surface area (Å²) in [6.45, 7) is 6.36. The van der Waals surface area contributed by atoms with E-state index >= 15 is 0 Å². The molecule has 0 aliphatic carbocycles. The molecule has 1 atom stereocenters. The molecule has 0 unspecified atom stereocenters. The third kappa shape index (κ3) is 2.69. The van der Waals surface area contributed by atoms with Crippen LogP contribution in [0.2, 0.25) is 0 Å². The molecule has 1 heterocycles. The van der Waals surface area contributed by atoms with E-state index in [9.17, 15) is 9.59 Å². The van der Waals surface area contributed by atoms with E-state index in [0.717, 1.165) is 24.2 Å². The molecular weight excluding hydrogens is 252 g/mol. The van der Waals surface area contributed by atoms with Gasteiger partial charge in [-0.1, -0.05) is 32.9 Å². The SMILES string of the molecule is CCC(CC)C(=O)N1C[C@H](C)C(=O)Nc2ccccc21. The van der Waals surface area contributed by atoms with Gasteiger partial charge in [-0.3, -0.25) is 9.59 Å². The summed E-state index contributed by atoms with van der Waals surface area (Å²) < 4.78 is 0. The van der Waals surface area contributed by atoms with Gasteiger partial charge >= 0.3 is 0 Å². The quantitative estimate of drug-likeness (QED) is 0.921. The molecule has 4 heteroatoms. The molecule has 2 amide bonds. The van der Waals surface area contributed by atoms with Crippen molar-refractivity contribution in [1.29, 1.82) is 0 Å². The van der Waals surface area contributed by atoms with Crippen molar-refractivity contribution in [3.63, 3.8) is 0 Å². The highest BCUT2D eigenvalue weighted by Crippen LogP contribution is 2.31. The van der Waals surface area contributed by atoms with Crippen LogP contribution in [0.3, 0.4) is 0 Å². The largest absolute Gasteiger partial charge is 0.324 e. The van der Waals surface area contributed by atoms with Crippen molar-refractivity contribution >= 4 is 23.2 Å². The predicted molar refractivity (Wildman–Crippen MR) is 80.7 cm³/mol. The summed E-state index contributed by atoms with van der Waals surface area (Å²) in [7, 11) is 0. The summed E-state index contributed by atoms with van der Waals surface area (Å²) in [6.07, 6.45) is 1.65. The summed E-state index contributed by atoms with van der Waals surface area (Å²) in [4.78, 5) is 26.5. The first-order chi connectivity index (χ1) is 9.58. The molecule has 1 aromatic carbocycles. The van der Waals surface area contributed by atoms with E-state index in [-0.39, 0.29) is 23.7 Å². The van der Waals surface area contributed by atoms with Crippen molar-refractivity contribution in [2.24, 2.45) is 11.8 Å². The fourth-order valence-electron chi connectivity index (χ4n) is 2.59. The molecule has 0 radical (unpaired) electrons. The number of amides is 2. The lowest BCUT2D eigenvalue weighted by Gasteiger charge is -2.27. The molecular formula is C16H22N2O2. The first-order valence-electron chi connectivity index (χ1n) is 7.29. The smallest absolute Gasteiger partial charge is 0.230 e. The number of para-hydroxylation sites is 2. The van der Waals surface area contributed by atoms with E-state index in [1.165, 1.54) is 0 Å². The highest BCUT2D eigenvalue weighted by atomic mass is 16.2. The van der Waals surface area contributed by atoms with Crippen LogP contribution in [0, 0.1) is 11.8 Å². The molecule has 0 spiro atoms. The summed E-state index contributed by atoms with van der Waals surface area (Å²) in [5.74, 6) is -0.104. The minimum Gasteiger partial charge on any atom is -0.324 e. The van der Waals surface area contributed by atoms with Crippen molar-refractivity contribution in [2.75, 3.05) is 16.8 Å².